The molecular weight excluding hydrogens is 399 g/mol. The number of hydrogen-bond acceptors (Lipinski definition) is 4. The van der Waals surface area contributed by atoms with E-state index < -0.39 is 47.1 Å². The van der Waals surface area contributed by atoms with Gasteiger partial charge in [-0.2, -0.15) is 13.2 Å². The second-order valence-corrected chi connectivity index (χ2v) is 7.39. The van der Waals surface area contributed by atoms with E-state index in [4.69, 9.17) is 0 Å². The number of alkyl halides is 3. The van der Waals surface area contributed by atoms with Crippen LogP contribution in [0.1, 0.15) is 40.4 Å². The first-order valence-corrected chi connectivity index (χ1v) is 9.19. The van der Waals surface area contributed by atoms with Gasteiger partial charge in [0, 0.05) is 12.0 Å². The van der Waals surface area contributed by atoms with Crippen molar-refractivity contribution in [3.8, 4) is 0 Å². The van der Waals surface area contributed by atoms with Gasteiger partial charge in [0.15, 0.2) is 11.4 Å². The van der Waals surface area contributed by atoms with Crippen LogP contribution in [0.25, 0.3) is 5.70 Å². The fraction of sp³-hybridized carbons (Fsp3) is 0.273. The molecule has 30 heavy (non-hydrogen) atoms. The molecule has 158 valence electrons. The number of carbonyl (C=O) groups is 2. The minimum atomic E-state index is -4.63. The Balaban J connectivity index is 2.22. The van der Waals surface area contributed by atoms with Crippen LogP contribution in [0.4, 0.5) is 13.2 Å². The number of benzene rings is 2. The summed E-state index contributed by atoms with van der Waals surface area (Å²) in [7, 11) is 0. The second-order valence-electron chi connectivity index (χ2n) is 7.39. The molecule has 1 amide bonds. The third-order valence-corrected chi connectivity index (χ3v) is 4.89. The SMILES string of the molecule is Cc1ccc(C(=O)C2=C(c3cccc(C(F)(F)F)c3)NC(=O)C2(O)CC(C)O)cc1. The Morgan fingerprint density at radius 3 is 2.37 bits per heavy atom. The summed E-state index contributed by atoms with van der Waals surface area (Å²) in [5.74, 6) is -1.70. The second kappa shape index (κ2) is 7.70. The van der Waals surface area contributed by atoms with Crippen LogP contribution in [0.15, 0.2) is 54.1 Å². The number of Topliss-reactive ketones (excluding diaryl/α,β-unsaturated/α-hetero) is 1. The van der Waals surface area contributed by atoms with Gasteiger partial charge in [0.25, 0.3) is 5.91 Å². The van der Waals surface area contributed by atoms with Crippen LogP contribution in [0.2, 0.25) is 0 Å². The number of halogens is 3. The van der Waals surface area contributed by atoms with Crippen LogP contribution in [-0.4, -0.2) is 33.6 Å². The predicted octanol–water partition coefficient (Wildman–Crippen LogP) is 3.24. The maximum absolute atomic E-state index is 13.3. The van der Waals surface area contributed by atoms with Crippen molar-refractivity contribution in [3.05, 3.63) is 76.4 Å². The summed E-state index contributed by atoms with van der Waals surface area (Å²) in [5, 5.41) is 23.2. The summed E-state index contributed by atoms with van der Waals surface area (Å²) in [4.78, 5) is 25.9. The van der Waals surface area contributed by atoms with E-state index in [1.54, 1.807) is 12.1 Å². The topological polar surface area (TPSA) is 86.6 Å². The van der Waals surface area contributed by atoms with Crippen molar-refractivity contribution in [2.75, 3.05) is 0 Å². The van der Waals surface area contributed by atoms with Gasteiger partial charge >= 0.3 is 6.18 Å². The average Bonchev–Trinajstić information content (AvgIpc) is 2.91. The van der Waals surface area contributed by atoms with E-state index in [2.05, 4.69) is 5.32 Å². The van der Waals surface area contributed by atoms with E-state index in [0.29, 0.717) is 0 Å². The number of amides is 1. The molecule has 0 aromatic heterocycles. The number of hydrogen-bond donors (Lipinski definition) is 3. The summed E-state index contributed by atoms with van der Waals surface area (Å²) in [5.41, 5.74) is -3.00. The molecule has 2 unspecified atom stereocenters. The van der Waals surface area contributed by atoms with Crippen molar-refractivity contribution in [2.24, 2.45) is 0 Å². The van der Waals surface area contributed by atoms with Crippen LogP contribution in [0, 0.1) is 6.92 Å². The molecule has 1 aliphatic rings. The van der Waals surface area contributed by atoms with Crippen molar-refractivity contribution in [3.63, 3.8) is 0 Å². The zero-order valence-corrected chi connectivity index (χ0v) is 16.2. The Hall–Kier alpha value is -2.97. The van der Waals surface area contributed by atoms with Crippen molar-refractivity contribution in [1.82, 2.24) is 5.32 Å². The average molecular weight is 419 g/mol. The Bertz CT molecular complexity index is 1030. The molecule has 5 nitrogen and oxygen atoms in total. The number of carbonyl (C=O) groups excluding carboxylic acids is 2. The lowest BCUT2D eigenvalue weighted by Gasteiger charge is -2.24. The monoisotopic (exact) mass is 419 g/mol. The first-order valence-electron chi connectivity index (χ1n) is 9.19. The molecule has 2 aromatic rings. The molecule has 0 bridgehead atoms. The van der Waals surface area contributed by atoms with E-state index in [0.717, 1.165) is 23.8 Å². The van der Waals surface area contributed by atoms with Crippen molar-refractivity contribution < 1.29 is 33.0 Å². The summed E-state index contributed by atoms with van der Waals surface area (Å²) in [6.45, 7) is 3.15. The maximum atomic E-state index is 13.3. The normalized spacial score (nSPS) is 20.3. The first kappa shape index (κ1) is 21.7. The molecular formula is C22H20F3NO4. The molecule has 2 atom stereocenters. The van der Waals surface area contributed by atoms with Gasteiger partial charge in [0.2, 0.25) is 0 Å². The largest absolute Gasteiger partial charge is 0.416 e. The van der Waals surface area contributed by atoms with Gasteiger partial charge in [-0.1, -0.05) is 42.0 Å². The highest BCUT2D eigenvalue weighted by atomic mass is 19.4. The quantitative estimate of drug-likeness (QED) is 0.650. The standard InChI is InChI=1S/C22H20F3NO4/c1-12-6-8-14(9-7-12)19(28)17-18(26-20(29)21(17,30)11-13(2)27)15-4-3-5-16(10-15)22(23,24)25/h3-10,13,27,30H,11H2,1-2H3,(H,26,29). The number of aliphatic hydroxyl groups is 2. The number of rotatable bonds is 5. The molecule has 0 radical (unpaired) electrons. The van der Waals surface area contributed by atoms with Crippen LogP contribution in [0.3, 0.4) is 0 Å². The van der Waals surface area contributed by atoms with Crippen LogP contribution in [0.5, 0.6) is 0 Å². The van der Waals surface area contributed by atoms with Gasteiger partial charge in [-0.05, 0) is 31.5 Å². The number of aryl methyl sites for hydroxylation is 1. The molecule has 0 aliphatic carbocycles. The van der Waals surface area contributed by atoms with E-state index in [-0.39, 0.29) is 16.8 Å². The van der Waals surface area contributed by atoms with Gasteiger partial charge in [-0.25, -0.2) is 0 Å². The molecule has 1 aliphatic heterocycles. The molecule has 0 saturated carbocycles. The van der Waals surface area contributed by atoms with E-state index in [1.807, 2.05) is 6.92 Å². The van der Waals surface area contributed by atoms with E-state index in [1.165, 1.54) is 25.1 Å². The third-order valence-electron chi connectivity index (χ3n) is 4.89. The Kier molecular flexibility index (Phi) is 5.58. The van der Waals surface area contributed by atoms with Gasteiger partial charge in [0.05, 0.1) is 22.9 Å². The maximum Gasteiger partial charge on any atom is 0.416 e. The minimum Gasteiger partial charge on any atom is -0.393 e. The molecule has 0 spiro atoms. The fourth-order valence-corrected chi connectivity index (χ4v) is 3.44. The lowest BCUT2D eigenvalue weighted by atomic mass is 9.83. The van der Waals surface area contributed by atoms with E-state index in [9.17, 15) is 33.0 Å². The third kappa shape index (κ3) is 4.01. The Labute approximate surface area is 170 Å². The predicted molar refractivity (Wildman–Crippen MR) is 103 cm³/mol. The van der Waals surface area contributed by atoms with Crippen LogP contribution >= 0.6 is 0 Å². The molecule has 0 saturated heterocycles. The lowest BCUT2D eigenvalue weighted by Crippen LogP contribution is -2.45. The molecule has 3 N–H and O–H groups in total. The van der Waals surface area contributed by atoms with Crippen molar-refractivity contribution in [2.45, 2.75) is 38.1 Å². The molecule has 2 aromatic carbocycles. The smallest absolute Gasteiger partial charge is 0.393 e. The number of nitrogens with one attached hydrogen (secondary N) is 1. The minimum absolute atomic E-state index is 0.0739. The summed E-state index contributed by atoms with van der Waals surface area (Å²) in [6.07, 6.45) is -6.27. The number of ketones is 1. The highest BCUT2D eigenvalue weighted by Crippen LogP contribution is 2.39. The lowest BCUT2D eigenvalue weighted by molar-refractivity contribution is -0.137. The highest BCUT2D eigenvalue weighted by molar-refractivity contribution is 6.22. The summed E-state index contributed by atoms with van der Waals surface area (Å²) < 4.78 is 39.5. The highest BCUT2D eigenvalue weighted by Gasteiger charge is 2.51. The number of aliphatic hydroxyl groups excluding tert-OH is 1. The molecule has 1 heterocycles. The van der Waals surface area contributed by atoms with Gasteiger partial charge in [0.1, 0.15) is 0 Å². The molecule has 0 fully saturated rings. The first-order chi connectivity index (χ1) is 13.9. The van der Waals surface area contributed by atoms with Crippen molar-refractivity contribution >= 4 is 17.4 Å². The van der Waals surface area contributed by atoms with Gasteiger partial charge in [-0.15, -0.1) is 0 Å². The Morgan fingerprint density at radius 1 is 1.17 bits per heavy atom. The fourth-order valence-electron chi connectivity index (χ4n) is 3.44. The summed E-state index contributed by atoms with van der Waals surface area (Å²) in [6, 6.07) is 10.4. The van der Waals surface area contributed by atoms with Crippen LogP contribution in [-0.2, 0) is 11.0 Å². The Morgan fingerprint density at radius 2 is 1.80 bits per heavy atom. The zero-order valence-electron chi connectivity index (χ0n) is 16.2. The van der Waals surface area contributed by atoms with Gasteiger partial charge in [-0.3, -0.25) is 9.59 Å². The van der Waals surface area contributed by atoms with Crippen molar-refractivity contribution in [1.29, 1.82) is 0 Å². The molecule has 8 heteroatoms. The zero-order chi connectivity index (χ0) is 22.3. The van der Waals surface area contributed by atoms with Crippen LogP contribution < -0.4 is 5.32 Å². The van der Waals surface area contributed by atoms with Gasteiger partial charge < -0.3 is 15.5 Å². The molecule has 3 rings (SSSR count). The van der Waals surface area contributed by atoms with E-state index >= 15 is 0 Å². The summed E-state index contributed by atoms with van der Waals surface area (Å²) >= 11 is 0.